The second-order valence-electron chi connectivity index (χ2n) is 3.65. The van der Waals surface area contributed by atoms with E-state index in [0.29, 0.717) is 12.4 Å². The number of alkyl halides is 3. The molecule has 96 valence electrons. The fraction of sp³-hybridized carbons (Fsp3) is 0.273. The Kier molecular flexibility index (Phi) is 3.51. The number of rotatable bonds is 3. The minimum absolute atomic E-state index is 0.399. The first kappa shape index (κ1) is 12.8. The molecule has 1 N–H and O–H groups in total. The molecule has 0 aromatic carbocycles. The van der Waals surface area contributed by atoms with Gasteiger partial charge < -0.3 is 5.32 Å². The van der Waals surface area contributed by atoms with Gasteiger partial charge in [-0.2, -0.15) is 13.2 Å². The summed E-state index contributed by atoms with van der Waals surface area (Å²) >= 11 is 1.53. The molecule has 0 saturated heterocycles. The highest BCUT2D eigenvalue weighted by molar-refractivity contribution is 7.11. The van der Waals surface area contributed by atoms with E-state index in [4.69, 9.17) is 0 Å². The van der Waals surface area contributed by atoms with Crippen LogP contribution in [-0.4, -0.2) is 9.97 Å². The third-order valence-electron chi connectivity index (χ3n) is 2.18. The number of thiazole rings is 1. The van der Waals surface area contributed by atoms with Crippen LogP contribution < -0.4 is 5.32 Å². The number of hydrogen-bond donors (Lipinski definition) is 1. The van der Waals surface area contributed by atoms with Gasteiger partial charge in [-0.05, 0) is 19.1 Å². The summed E-state index contributed by atoms with van der Waals surface area (Å²) in [5.41, 5.74) is -0.752. The standard InChI is InChI=1S/C11H10F3N3S/c1-7-4-17-10(18-7)6-16-9-3-2-8(5-15-9)11(12,13)14/h2-5H,6H2,1H3,(H,15,16). The van der Waals surface area contributed by atoms with Gasteiger partial charge in [-0.25, -0.2) is 9.97 Å². The van der Waals surface area contributed by atoms with Crippen LogP contribution in [0.3, 0.4) is 0 Å². The molecule has 0 unspecified atom stereocenters. The maximum Gasteiger partial charge on any atom is 0.417 e. The molecule has 2 aromatic heterocycles. The Morgan fingerprint density at radius 1 is 1.22 bits per heavy atom. The van der Waals surface area contributed by atoms with Crippen LogP contribution in [0.15, 0.2) is 24.5 Å². The van der Waals surface area contributed by atoms with Crippen molar-refractivity contribution in [2.24, 2.45) is 0 Å². The van der Waals surface area contributed by atoms with Crippen molar-refractivity contribution in [2.75, 3.05) is 5.32 Å². The Morgan fingerprint density at radius 3 is 2.50 bits per heavy atom. The van der Waals surface area contributed by atoms with Gasteiger partial charge in [0, 0.05) is 17.3 Å². The van der Waals surface area contributed by atoms with Crippen molar-refractivity contribution in [1.82, 2.24) is 9.97 Å². The van der Waals surface area contributed by atoms with Crippen LogP contribution in [0, 0.1) is 6.92 Å². The molecule has 0 aliphatic heterocycles. The van der Waals surface area contributed by atoms with Crippen molar-refractivity contribution in [2.45, 2.75) is 19.6 Å². The zero-order valence-electron chi connectivity index (χ0n) is 9.45. The quantitative estimate of drug-likeness (QED) is 0.930. The van der Waals surface area contributed by atoms with Crippen LogP contribution in [0.2, 0.25) is 0 Å². The molecule has 0 aliphatic rings. The fourth-order valence-corrected chi connectivity index (χ4v) is 2.04. The van der Waals surface area contributed by atoms with Gasteiger partial charge in [0.1, 0.15) is 10.8 Å². The van der Waals surface area contributed by atoms with E-state index in [1.807, 2.05) is 6.92 Å². The first-order valence-electron chi connectivity index (χ1n) is 5.13. The molecule has 0 aliphatic carbocycles. The van der Waals surface area contributed by atoms with Crippen molar-refractivity contribution >= 4 is 17.2 Å². The van der Waals surface area contributed by atoms with Gasteiger partial charge in [0.15, 0.2) is 0 Å². The molecule has 0 fully saturated rings. The molecule has 7 heteroatoms. The predicted molar refractivity (Wildman–Crippen MR) is 63.4 cm³/mol. The molecule has 0 spiro atoms. The Morgan fingerprint density at radius 2 is 2.00 bits per heavy atom. The molecule has 18 heavy (non-hydrogen) atoms. The van der Waals surface area contributed by atoms with Crippen LogP contribution in [0.25, 0.3) is 0 Å². The zero-order valence-corrected chi connectivity index (χ0v) is 10.3. The van der Waals surface area contributed by atoms with Gasteiger partial charge in [0.05, 0.1) is 12.1 Å². The lowest BCUT2D eigenvalue weighted by Gasteiger charge is -2.07. The average molecular weight is 273 g/mol. The summed E-state index contributed by atoms with van der Waals surface area (Å²) < 4.78 is 36.9. The third-order valence-corrected chi connectivity index (χ3v) is 3.09. The van der Waals surface area contributed by atoms with E-state index in [-0.39, 0.29) is 0 Å². The first-order valence-corrected chi connectivity index (χ1v) is 5.95. The maximum atomic E-state index is 12.3. The van der Waals surface area contributed by atoms with E-state index >= 15 is 0 Å². The Labute approximate surface area is 106 Å². The lowest BCUT2D eigenvalue weighted by atomic mass is 10.3. The molecular formula is C11H10F3N3S. The van der Waals surface area contributed by atoms with Gasteiger partial charge in [0.25, 0.3) is 0 Å². The number of nitrogens with one attached hydrogen (secondary N) is 1. The van der Waals surface area contributed by atoms with E-state index in [2.05, 4.69) is 15.3 Å². The lowest BCUT2D eigenvalue weighted by Crippen LogP contribution is -2.07. The highest BCUT2D eigenvalue weighted by Gasteiger charge is 2.30. The minimum Gasteiger partial charge on any atom is -0.364 e. The van der Waals surface area contributed by atoms with E-state index in [1.165, 1.54) is 17.4 Å². The topological polar surface area (TPSA) is 37.8 Å². The Bertz CT molecular complexity index is 519. The number of halogens is 3. The van der Waals surface area contributed by atoms with Crippen molar-refractivity contribution < 1.29 is 13.2 Å². The second-order valence-corrected chi connectivity index (χ2v) is 4.97. The molecule has 2 aromatic rings. The van der Waals surface area contributed by atoms with Crippen LogP contribution in [0.4, 0.5) is 19.0 Å². The molecule has 0 amide bonds. The van der Waals surface area contributed by atoms with Gasteiger partial charge in [-0.15, -0.1) is 11.3 Å². The molecule has 0 saturated carbocycles. The summed E-state index contributed by atoms with van der Waals surface area (Å²) in [6, 6.07) is 2.31. The zero-order chi connectivity index (χ0) is 13.2. The van der Waals surface area contributed by atoms with E-state index < -0.39 is 11.7 Å². The summed E-state index contributed by atoms with van der Waals surface area (Å²) in [6.07, 6.45) is -1.78. The third kappa shape index (κ3) is 3.19. The first-order chi connectivity index (χ1) is 8.45. The number of nitrogens with zero attached hydrogens (tertiary/aromatic N) is 2. The normalized spacial score (nSPS) is 11.6. The number of pyridine rings is 1. The lowest BCUT2D eigenvalue weighted by molar-refractivity contribution is -0.137. The van der Waals surface area contributed by atoms with Crippen LogP contribution in [0.5, 0.6) is 0 Å². The largest absolute Gasteiger partial charge is 0.417 e. The highest BCUT2D eigenvalue weighted by atomic mass is 32.1. The van der Waals surface area contributed by atoms with Gasteiger partial charge in [-0.1, -0.05) is 0 Å². The predicted octanol–water partition coefficient (Wildman–Crippen LogP) is 3.48. The smallest absolute Gasteiger partial charge is 0.364 e. The monoisotopic (exact) mass is 273 g/mol. The Hall–Kier alpha value is -1.63. The van der Waals surface area contributed by atoms with Gasteiger partial charge >= 0.3 is 6.18 Å². The Balaban J connectivity index is 1.98. The summed E-state index contributed by atoms with van der Waals surface area (Å²) in [5, 5.41) is 3.79. The fourth-order valence-electron chi connectivity index (χ4n) is 1.32. The van der Waals surface area contributed by atoms with Crippen molar-refractivity contribution in [1.29, 1.82) is 0 Å². The van der Waals surface area contributed by atoms with Crippen molar-refractivity contribution in [3.05, 3.63) is 40.0 Å². The van der Waals surface area contributed by atoms with Gasteiger partial charge in [0.2, 0.25) is 0 Å². The van der Waals surface area contributed by atoms with Crippen molar-refractivity contribution in [3.8, 4) is 0 Å². The molecule has 2 heterocycles. The number of hydrogen-bond acceptors (Lipinski definition) is 4. The van der Waals surface area contributed by atoms with Gasteiger partial charge in [-0.3, -0.25) is 0 Å². The SMILES string of the molecule is Cc1cnc(CNc2ccc(C(F)(F)F)cn2)s1. The number of anilines is 1. The number of aryl methyl sites for hydroxylation is 1. The molecular weight excluding hydrogens is 263 g/mol. The van der Waals surface area contributed by atoms with E-state index in [9.17, 15) is 13.2 Å². The van der Waals surface area contributed by atoms with E-state index in [1.54, 1.807) is 6.20 Å². The molecule has 2 rings (SSSR count). The minimum atomic E-state index is -4.35. The van der Waals surface area contributed by atoms with Crippen LogP contribution in [-0.2, 0) is 12.7 Å². The number of aromatic nitrogens is 2. The summed E-state index contributed by atoms with van der Waals surface area (Å²) in [4.78, 5) is 8.94. The van der Waals surface area contributed by atoms with Crippen LogP contribution in [0.1, 0.15) is 15.4 Å². The van der Waals surface area contributed by atoms with Crippen LogP contribution >= 0.6 is 11.3 Å². The average Bonchev–Trinajstić information content (AvgIpc) is 2.72. The molecule has 0 bridgehead atoms. The summed E-state index contributed by atoms with van der Waals surface area (Å²) in [7, 11) is 0. The molecule has 3 nitrogen and oxygen atoms in total. The van der Waals surface area contributed by atoms with E-state index in [0.717, 1.165) is 22.1 Å². The second kappa shape index (κ2) is 4.93. The summed E-state index contributed by atoms with van der Waals surface area (Å²) in [5.74, 6) is 0.399. The maximum absolute atomic E-state index is 12.3. The molecule has 0 radical (unpaired) electrons. The highest BCUT2D eigenvalue weighted by Crippen LogP contribution is 2.28. The van der Waals surface area contributed by atoms with Crippen molar-refractivity contribution in [3.63, 3.8) is 0 Å². The molecule has 0 atom stereocenters. The summed E-state index contributed by atoms with van der Waals surface area (Å²) in [6.45, 7) is 2.40.